The Labute approximate surface area is 169 Å². The molecule has 0 radical (unpaired) electrons. The number of benzene rings is 2. The lowest BCUT2D eigenvalue weighted by Gasteiger charge is -2.14. The van der Waals surface area contributed by atoms with E-state index in [2.05, 4.69) is 31.4 Å². The number of amides is 1. The first kappa shape index (κ1) is 18.9. The molecule has 3 rings (SSSR count). The Kier molecular flexibility index (Phi) is 6.34. The van der Waals surface area contributed by atoms with E-state index in [4.69, 9.17) is 11.6 Å². The van der Waals surface area contributed by atoms with Crippen LogP contribution in [0, 0.1) is 0 Å². The molecule has 0 fully saturated rings. The number of nitrogens with one attached hydrogen (secondary N) is 1. The second-order valence-electron chi connectivity index (χ2n) is 5.59. The van der Waals surface area contributed by atoms with Crippen molar-refractivity contribution >= 4 is 45.2 Å². The summed E-state index contributed by atoms with van der Waals surface area (Å²) in [7, 11) is 0. The summed E-state index contributed by atoms with van der Waals surface area (Å²) in [6.45, 7) is 1.96. The second kappa shape index (κ2) is 8.70. The molecule has 1 aromatic heterocycles. The van der Waals surface area contributed by atoms with E-state index < -0.39 is 0 Å². The summed E-state index contributed by atoms with van der Waals surface area (Å²) in [6.07, 6.45) is 1.61. The van der Waals surface area contributed by atoms with Crippen molar-refractivity contribution in [3.05, 3.63) is 69.9 Å². The van der Waals surface area contributed by atoms with Crippen molar-refractivity contribution in [3.63, 3.8) is 0 Å². The molecule has 0 aliphatic rings. The van der Waals surface area contributed by atoms with Crippen LogP contribution in [0.15, 0.2) is 64.5 Å². The summed E-state index contributed by atoms with van der Waals surface area (Å²) < 4.78 is 2.82. The monoisotopic (exact) mass is 450 g/mol. The molecule has 1 atom stereocenters. The molecule has 1 unspecified atom stereocenters. The predicted octanol–water partition coefficient (Wildman–Crippen LogP) is 4.65. The molecule has 1 N–H and O–H groups in total. The zero-order chi connectivity index (χ0) is 18.5. The molecule has 0 bridgehead atoms. The van der Waals surface area contributed by atoms with Gasteiger partial charge in [-0.25, -0.2) is 0 Å². The summed E-state index contributed by atoms with van der Waals surface area (Å²) in [5.41, 5.74) is 1.90. The van der Waals surface area contributed by atoms with E-state index in [0.29, 0.717) is 10.2 Å². The van der Waals surface area contributed by atoms with Gasteiger partial charge in [-0.3, -0.25) is 9.36 Å². The number of thioether (sulfide) groups is 1. The van der Waals surface area contributed by atoms with E-state index in [0.717, 1.165) is 15.7 Å². The average molecular weight is 452 g/mol. The Hall–Kier alpha value is -1.83. The van der Waals surface area contributed by atoms with Crippen molar-refractivity contribution in [1.82, 2.24) is 20.1 Å². The van der Waals surface area contributed by atoms with Crippen molar-refractivity contribution in [3.8, 4) is 5.69 Å². The van der Waals surface area contributed by atoms with Gasteiger partial charge in [-0.2, -0.15) is 0 Å². The fraction of sp³-hybridized carbons (Fsp3) is 0.167. The van der Waals surface area contributed by atoms with Crippen molar-refractivity contribution < 1.29 is 4.79 Å². The number of aromatic nitrogens is 3. The molecule has 2 aromatic carbocycles. The second-order valence-corrected chi connectivity index (χ2v) is 7.89. The lowest BCUT2D eigenvalue weighted by Crippen LogP contribution is -2.28. The summed E-state index contributed by atoms with van der Waals surface area (Å²) in [5, 5.41) is 12.3. The Morgan fingerprint density at radius 2 is 2.08 bits per heavy atom. The maximum atomic E-state index is 12.3. The van der Waals surface area contributed by atoms with Gasteiger partial charge < -0.3 is 5.32 Å². The van der Waals surface area contributed by atoms with Gasteiger partial charge in [0.05, 0.1) is 17.5 Å². The zero-order valence-electron chi connectivity index (χ0n) is 13.9. The first-order valence-corrected chi connectivity index (χ1v) is 10.0. The first-order valence-electron chi connectivity index (χ1n) is 7.86. The van der Waals surface area contributed by atoms with Crippen molar-refractivity contribution in [2.24, 2.45) is 0 Å². The lowest BCUT2D eigenvalue weighted by molar-refractivity contribution is -0.119. The number of carbonyl (C=O) groups is 1. The number of hydrogen-bond donors (Lipinski definition) is 1. The van der Waals surface area contributed by atoms with Crippen molar-refractivity contribution in [2.45, 2.75) is 18.1 Å². The standard InChI is InChI=1S/C18H16BrClN4OS/c1-12(13-5-7-14(19)8-6-13)22-17(25)10-26-18-23-21-11-24(18)16-4-2-3-15(20)9-16/h2-9,11-12H,10H2,1H3,(H,22,25). The summed E-state index contributed by atoms with van der Waals surface area (Å²) in [4.78, 5) is 12.3. The zero-order valence-corrected chi connectivity index (χ0v) is 17.1. The highest BCUT2D eigenvalue weighted by Gasteiger charge is 2.13. The fourth-order valence-electron chi connectivity index (χ4n) is 2.37. The molecule has 0 aliphatic carbocycles. The van der Waals surface area contributed by atoms with Gasteiger partial charge in [0.15, 0.2) is 5.16 Å². The van der Waals surface area contributed by atoms with Crippen LogP contribution in [-0.2, 0) is 4.79 Å². The van der Waals surface area contributed by atoms with Crippen LogP contribution in [0.2, 0.25) is 5.02 Å². The van der Waals surface area contributed by atoms with Crippen molar-refractivity contribution in [2.75, 3.05) is 5.75 Å². The van der Waals surface area contributed by atoms with Crippen LogP contribution in [0.1, 0.15) is 18.5 Å². The molecule has 0 aliphatic heterocycles. The number of hydrogen-bond acceptors (Lipinski definition) is 4. The number of nitrogens with zero attached hydrogens (tertiary/aromatic N) is 3. The van der Waals surface area contributed by atoms with Crippen LogP contribution in [-0.4, -0.2) is 26.4 Å². The van der Waals surface area contributed by atoms with Gasteiger partial charge >= 0.3 is 0 Å². The Morgan fingerprint density at radius 1 is 1.31 bits per heavy atom. The van der Waals surface area contributed by atoms with Crippen LogP contribution < -0.4 is 5.32 Å². The number of rotatable bonds is 6. The third-order valence-corrected chi connectivity index (χ3v) is 5.39. The van der Waals surface area contributed by atoms with Gasteiger partial charge in [-0.1, -0.05) is 57.5 Å². The van der Waals surface area contributed by atoms with Gasteiger partial charge in [0, 0.05) is 9.50 Å². The molecule has 1 amide bonds. The maximum Gasteiger partial charge on any atom is 0.230 e. The van der Waals surface area contributed by atoms with Crippen LogP contribution in [0.25, 0.3) is 5.69 Å². The minimum Gasteiger partial charge on any atom is -0.349 e. The molecule has 8 heteroatoms. The summed E-state index contributed by atoms with van der Waals surface area (Å²) in [6, 6.07) is 15.2. The molecule has 0 saturated carbocycles. The smallest absolute Gasteiger partial charge is 0.230 e. The molecule has 3 aromatic rings. The molecular weight excluding hydrogens is 436 g/mol. The van der Waals surface area contributed by atoms with Gasteiger partial charge in [0.2, 0.25) is 5.91 Å². The van der Waals surface area contributed by atoms with Crippen molar-refractivity contribution in [1.29, 1.82) is 0 Å². The molecular formula is C18H16BrClN4OS. The fourth-order valence-corrected chi connectivity index (χ4v) is 3.56. The molecule has 5 nitrogen and oxygen atoms in total. The highest BCUT2D eigenvalue weighted by Crippen LogP contribution is 2.22. The summed E-state index contributed by atoms with van der Waals surface area (Å²) in [5.74, 6) is 0.186. The van der Waals surface area contributed by atoms with E-state index >= 15 is 0 Å². The van der Waals surface area contributed by atoms with Gasteiger partial charge in [-0.05, 0) is 42.8 Å². The SMILES string of the molecule is CC(NC(=O)CSc1nncn1-c1cccc(Cl)c1)c1ccc(Br)cc1. The van der Waals surface area contributed by atoms with E-state index in [-0.39, 0.29) is 17.7 Å². The quantitative estimate of drug-likeness (QED) is 0.554. The Bertz CT molecular complexity index is 900. The number of carbonyl (C=O) groups excluding carboxylic acids is 1. The molecule has 0 saturated heterocycles. The van der Waals surface area contributed by atoms with E-state index in [1.807, 2.05) is 54.0 Å². The minimum atomic E-state index is -0.0676. The third-order valence-electron chi connectivity index (χ3n) is 3.68. The van der Waals surface area contributed by atoms with E-state index in [1.165, 1.54) is 11.8 Å². The topological polar surface area (TPSA) is 59.8 Å². The average Bonchev–Trinajstić information content (AvgIpc) is 3.09. The predicted molar refractivity (Wildman–Crippen MR) is 108 cm³/mol. The normalized spacial score (nSPS) is 12.0. The number of halogens is 2. The molecule has 134 valence electrons. The van der Waals surface area contributed by atoms with E-state index in [1.54, 1.807) is 12.4 Å². The largest absolute Gasteiger partial charge is 0.349 e. The van der Waals surface area contributed by atoms with Crippen LogP contribution in [0.5, 0.6) is 0 Å². The lowest BCUT2D eigenvalue weighted by atomic mass is 10.1. The van der Waals surface area contributed by atoms with E-state index in [9.17, 15) is 4.79 Å². The van der Waals surface area contributed by atoms with Crippen LogP contribution in [0.4, 0.5) is 0 Å². The van der Waals surface area contributed by atoms with Gasteiger partial charge in [-0.15, -0.1) is 10.2 Å². The Morgan fingerprint density at radius 3 is 2.81 bits per heavy atom. The highest BCUT2D eigenvalue weighted by molar-refractivity contribution is 9.10. The molecule has 1 heterocycles. The first-order chi connectivity index (χ1) is 12.5. The third kappa shape index (κ3) is 4.87. The maximum absolute atomic E-state index is 12.3. The summed E-state index contributed by atoms with van der Waals surface area (Å²) >= 11 is 10.8. The molecule has 0 spiro atoms. The van der Waals surface area contributed by atoms with Crippen LogP contribution in [0.3, 0.4) is 0 Å². The minimum absolute atomic E-state index is 0.0638. The van der Waals surface area contributed by atoms with Crippen LogP contribution >= 0.6 is 39.3 Å². The molecule has 26 heavy (non-hydrogen) atoms. The van der Waals surface area contributed by atoms with Gasteiger partial charge in [0.25, 0.3) is 0 Å². The Balaban J connectivity index is 1.60. The van der Waals surface area contributed by atoms with Gasteiger partial charge in [0.1, 0.15) is 6.33 Å². The highest BCUT2D eigenvalue weighted by atomic mass is 79.9.